The lowest BCUT2D eigenvalue weighted by Crippen LogP contribution is -2.36. The maximum atomic E-state index is 13.2. The first kappa shape index (κ1) is 23.5. The number of sulfonamides is 1. The number of amides is 1. The highest BCUT2D eigenvalue weighted by Crippen LogP contribution is 2.36. The van der Waals surface area contributed by atoms with Gasteiger partial charge >= 0.3 is 6.18 Å². The summed E-state index contributed by atoms with van der Waals surface area (Å²) >= 11 is 1.16. The van der Waals surface area contributed by atoms with Gasteiger partial charge in [-0.2, -0.15) is 13.2 Å². The standard InChI is InChI=1S/C19H22F3N3O4S2/c1-31(27,28)23-7-6-14-3-5-17(30-14)18(26)24-15-12-13(19(20,21)22)2-4-16(15)25-8-10-29-11-9-25/h2-5,12,23H,6-11H2,1H3,(H,24,26). The van der Waals surface area contributed by atoms with Crippen molar-refractivity contribution in [1.82, 2.24) is 4.72 Å². The lowest BCUT2D eigenvalue weighted by atomic mass is 10.1. The van der Waals surface area contributed by atoms with Crippen molar-refractivity contribution in [3.8, 4) is 0 Å². The fourth-order valence-corrected chi connectivity index (χ4v) is 4.45. The van der Waals surface area contributed by atoms with Gasteiger partial charge in [0, 0.05) is 24.5 Å². The highest BCUT2D eigenvalue weighted by atomic mass is 32.2. The molecule has 12 heteroatoms. The van der Waals surface area contributed by atoms with E-state index in [1.165, 1.54) is 6.07 Å². The summed E-state index contributed by atoms with van der Waals surface area (Å²) in [6.07, 6.45) is -3.08. The molecule has 2 aromatic rings. The van der Waals surface area contributed by atoms with E-state index >= 15 is 0 Å². The third-order valence-electron chi connectivity index (χ3n) is 4.54. The SMILES string of the molecule is CS(=O)(=O)NCCc1ccc(C(=O)Nc2cc(C(F)(F)F)ccc2N2CCOCC2)s1. The molecule has 1 aromatic carbocycles. The number of morpholine rings is 1. The number of anilines is 2. The first-order valence-electron chi connectivity index (χ1n) is 9.41. The molecule has 1 fully saturated rings. The van der Waals surface area contributed by atoms with Gasteiger partial charge in [-0.1, -0.05) is 0 Å². The largest absolute Gasteiger partial charge is 0.416 e. The number of ether oxygens (including phenoxy) is 1. The second-order valence-electron chi connectivity index (χ2n) is 6.97. The summed E-state index contributed by atoms with van der Waals surface area (Å²) in [6, 6.07) is 6.56. The maximum Gasteiger partial charge on any atom is 0.416 e. The van der Waals surface area contributed by atoms with Crippen LogP contribution in [-0.4, -0.2) is 53.4 Å². The highest BCUT2D eigenvalue weighted by Gasteiger charge is 2.32. The van der Waals surface area contributed by atoms with Crippen LogP contribution in [0.1, 0.15) is 20.1 Å². The molecule has 0 spiro atoms. The Morgan fingerprint density at radius 1 is 1.19 bits per heavy atom. The van der Waals surface area contributed by atoms with Gasteiger partial charge in [-0.25, -0.2) is 13.1 Å². The van der Waals surface area contributed by atoms with E-state index in [-0.39, 0.29) is 12.2 Å². The number of carbonyl (C=O) groups is 1. The lowest BCUT2D eigenvalue weighted by molar-refractivity contribution is -0.137. The summed E-state index contributed by atoms with van der Waals surface area (Å²) in [7, 11) is -3.31. The molecule has 2 heterocycles. The molecule has 7 nitrogen and oxygen atoms in total. The molecule has 0 aliphatic carbocycles. The minimum absolute atomic E-state index is 0.0791. The first-order valence-corrected chi connectivity index (χ1v) is 12.1. The highest BCUT2D eigenvalue weighted by molar-refractivity contribution is 7.88. The number of hydrogen-bond donors (Lipinski definition) is 2. The molecule has 0 radical (unpaired) electrons. The molecule has 0 saturated carbocycles. The molecule has 1 saturated heterocycles. The average Bonchev–Trinajstić information content (AvgIpc) is 3.16. The minimum atomic E-state index is -4.54. The molecule has 31 heavy (non-hydrogen) atoms. The Labute approximate surface area is 182 Å². The Morgan fingerprint density at radius 3 is 2.55 bits per heavy atom. The zero-order valence-electron chi connectivity index (χ0n) is 16.7. The molecule has 1 amide bonds. The van der Waals surface area contributed by atoms with Gasteiger partial charge in [-0.15, -0.1) is 11.3 Å². The average molecular weight is 478 g/mol. The van der Waals surface area contributed by atoms with E-state index in [9.17, 15) is 26.4 Å². The smallest absolute Gasteiger partial charge is 0.378 e. The van der Waals surface area contributed by atoms with Crippen molar-refractivity contribution in [2.24, 2.45) is 0 Å². The number of alkyl halides is 3. The van der Waals surface area contributed by atoms with Crippen molar-refractivity contribution in [2.75, 3.05) is 49.3 Å². The van der Waals surface area contributed by atoms with E-state index in [0.717, 1.165) is 34.6 Å². The van der Waals surface area contributed by atoms with Crippen molar-refractivity contribution < 1.29 is 31.1 Å². The summed E-state index contributed by atoms with van der Waals surface area (Å²) in [5.74, 6) is -0.527. The van der Waals surface area contributed by atoms with Gasteiger partial charge in [0.05, 0.1) is 41.3 Å². The number of nitrogens with zero attached hydrogens (tertiary/aromatic N) is 1. The van der Waals surface area contributed by atoms with E-state index in [1.807, 2.05) is 4.90 Å². The van der Waals surface area contributed by atoms with E-state index in [4.69, 9.17) is 4.74 Å². The molecule has 1 aliphatic rings. The number of rotatable bonds is 7. The zero-order chi connectivity index (χ0) is 22.6. The molecule has 1 aromatic heterocycles. The maximum absolute atomic E-state index is 13.2. The molecule has 170 valence electrons. The van der Waals surface area contributed by atoms with Gasteiger partial charge in [-0.05, 0) is 36.8 Å². The third-order valence-corrected chi connectivity index (χ3v) is 6.42. The van der Waals surface area contributed by atoms with E-state index in [2.05, 4.69) is 10.0 Å². The number of benzene rings is 1. The Hall–Kier alpha value is -2.15. The van der Waals surface area contributed by atoms with Crippen LogP contribution in [0.2, 0.25) is 0 Å². The fraction of sp³-hybridized carbons (Fsp3) is 0.421. The number of thiophene rings is 1. The molecule has 0 bridgehead atoms. The second kappa shape index (κ2) is 9.55. The van der Waals surface area contributed by atoms with Crippen LogP contribution in [-0.2, 0) is 27.4 Å². The van der Waals surface area contributed by atoms with Crippen molar-refractivity contribution >= 4 is 38.6 Å². The summed E-state index contributed by atoms with van der Waals surface area (Å²) in [5, 5.41) is 2.61. The van der Waals surface area contributed by atoms with Gasteiger partial charge in [-0.3, -0.25) is 4.79 Å². The Morgan fingerprint density at radius 2 is 1.90 bits per heavy atom. The van der Waals surface area contributed by atoms with Crippen LogP contribution in [0.5, 0.6) is 0 Å². The predicted octanol–water partition coefficient (Wildman–Crippen LogP) is 2.95. The van der Waals surface area contributed by atoms with Crippen molar-refractivity contribution in [2.45, 2.75) is 12.6 Å². The van der Waals surface area contributed by atoms with Gasteiger partial charge in [0.25, 0.3) is 5.91 Å². The second-order valence-corrected chi connectivity index (χ2v) is 9.97. The Kier molecular flexibility index (Phi) is 7.24. The number of nitrogens with one attached hydrogen (secondary N) is 2. The predicted molar refractivity (Wildman–Crippen MR) is 113 cm³/mol. The van der Waals surface area contributed by atoms with Crippen molar-refractivity contribution in [3.63, 3.8) is 0 Å². The van der Waals surface area contributed by atoms with Crippen LogP contribution >= 0.6 is 11.3 Å². The number of halogens is 3. The van der Waals surface area contributed by atoms with Gasteiger partial charge in [0.1, 0.15) is 0 Å². The summed E-state index contributed by atoms with van der Waals surface area (Å²) in [5.41, 5.74) is -0.271. The van der Waals surface area contributed by atoms with Crippen LogP contribution in [0, 0.1) is 0 Å². The van der Waals surface area contributed by atoms with Crippen LogP contribution in [0.3, 0.4) is 0 Å². The monoisotopic (exact) mass is 477 g/mol. The molecule has 1 aliphatic heterocycles. The molecule has 0 atom stereocenters. The van der Waals surface area contributed by atoms with Crippen molar-refractivity contribution in [3.05, 3.63) is 45.6 Å². The zero-order valence-corrected chi connectivity index (χ0v) is 18.3. The molecular weight excluding hydrogens is 455 g/mol. The van der Waals surface area contributed by atoms with E-state index in [0.29, 0.717) is 43.3 Å². The minimum Gasteiger partial charge on any atom is -0.378 e. The third kappa shape index (κ3) is 6.66. The Bertz CT molecular complexity index is 1030. The van der Waals surface area contributed by atoms with Gasteiger partial charge < -0.3 is 15.0 Å². The quantitative estimate of drug-likeness (QED) is 0.640. The van der Waals surface area contributed by atoms with Crippen LogP contribution < -0.4 is 14.9 Å². The Balaban J connectivity index is 1.77. The molecular formula is C19H22F3N3O4S2. The first-order chi connectivity index (χ1) is 14.5. The summed E-state index contributed by atoms with van der Waals surface area (Å²) < 4.78 is 69.6. The normalized spacial score (nSPS) is 15.2. The number of carbonyl (C=O) groups excluding carboxylic acids is 1. The molecule has 3 rings (SSSR count). The fourth-order valence-electron chi connectivity index (χ4n) is 3.07. The molecule has 0 unspecified atom stereocenters. The summed E-state index contributed by atoms with van der Waals surface area (Å²) in [6.45, 7) is 2.10. The van der Waals surface area contributed by atoms with Gasteiger partial charge in [0.2, 0.25) is 10.0 Å². The van der Waals surface area contributed by atoms with E-state index < -0.39 is 27.7 Å². The molecule has 2 N–H and O–H groups in total. The van der Waals surface area contributed by atoms with Crippen LogP contribution in [0.4, 0.5) is 24.5 Å². The summed E-state index contributed by atoms with van der Waals surface area (Å²) in [4.78, 5) is 15.7. The van der Waals surface area contributed by atoms with Crippen molar-refractivity contribution in [1.29, 1.82) is 0 Å². The number of hydrogen-bond acceptors (Lipinski definition) is 6. The topological polar surface area (TPSA) is 87.7 Å². The van der Waals surface area contributed by atoms with Crippen LogP contribution in [0.15, 0.2) is 30.3 Å². The van der Waals surface area contributed by atoms with Crippen LogP contribution in [0.25, 0.3) is 0 Å². The van der Waals surface area contributed by atoms with E-state index in [1.54, 1.807) is 12.1 Å². The lowest BCUT2D eigenvalue weighted by Gasteiger charge is -2.31. The van der Waals surface area contributed by atoms with Gasteiger partial charge in [0.15, 0.2) is 0 Å².